The fourth-order valence-electron chi connectivity index (χ4n) is 4.91. The number of ether oxygens (including phenoxy) is 3. The smallest absolute Gasteiger partial charge is 0.311 e. The molecule has 0 amide bonds. The topological polar surface area (TPSA) is 70.8 Å². The Hall–Kier alpha value is -3.03. The van der Waals surface area contributed by atoms with Gasteiger partial charge in [0.2, 0.25) is 5.89 Å². The number of halogens is 1. The molecule has 3 atom stereocenters. The van der Waals surface area contributed by atoms with Crippen LogP contribution in [0.3, 0.4) is 0 Å². The predicted molar refractivity (Wildman–Crippen MR) is 143 cm³/mol. The number of carbonyl (C=O) groups is 1. The molecule has 0 aliphatic heterocycles. The molecule has 0 spiro atoms. The van der Waals surface area contributed by atoms with Gasteiger partial charge in [0.25, 0.3) is 0 Å². The van der Waals surface area contributed by atoms with E-state index in [0.29, 0.717) is 31.1 Å². The molecule has 4 rings (SSSR count). The zero-order chi connectivity index (χ0) is 27.1. The molecule has 1 fully saturated rings. The van der Waals surface area contributed by atoms with E-state index in [1.165, 1.54) is 6.07 Å². The van der Waals surface area contributed by atoms with Crippen molar-refractivity contribution in [3.05, 3.63) is 76.4 Å². The number of rotatable bonds is 11. The van der Waals surface area contributed by atoms with Gasteiger partial charge in [-0.1, -0.05) is 29.8 Å². The molecule has 7 heteroatoms. The average Bonchev–Trinajstić information content (AvgIpc) is 3.28. The van der Waals surface area contributed by atoms with E-state index in [0.717, 1.165) is 53.8 Å². The molecular formula is C31H38FNO5. The summed E-state index contributed by atoms with van der Waals surface area (Å²) in [5.41, 5.74) is 4.37. The molecule has 2 aromatic carbocycles. The fourth-order valence-corrected chi connectivity index (χ4v) is 4.91. The van der Waals surface area contributed by atoms with Crippen molar-refractivity contribution in [2.24, 2.45) is 5.92 Å². The summed E-state index contributed by atoms with van der Waals surface area (Å²) >= 11 is 0. The summed E-state index contributed by atoms with van der Waals surface area (Å²) in [5.74, 6) is 0.385. The lowest BCUT2D eigenvalue weighted by molar-refractivity contribution is -0.151. The molecule has 1 heterocycles. The minimum atomic E-state index is -0.445. The molecule has 38 heavy (non-hydrogen) atoms. The third-order valence-corrected chi connectivity index (χ3v) is 7.05. The van der Waals surface area contributed by atoms with Crippen LogP contribution < -0.4 is 0 Å². The number of nitrogens with zero attached hydrogens (tertiary/aromatic N) is 1. The van der Waals surface area contributed by atoms with Gasteiger partial charge in [0.05, 0.1) is 37.9 Å². The number of benzene rings is 2. The van der Waals surface area contributed by atoms with Crippen LogP contribution in [0.5, 0.6) is 0 Å². The molecule has 204 valence electrons. The first-order valence-electron chi connectivity index (χ1n) is 13.5. The van der Waals surface area contributed by atoms with Crippen LogP contribution >= 0.6 is 0 Å². The van der Waals surface area contributed by atoms with Crippen molar-refractivity contribution in [1.82, 2.24) is 4.98 Å². The van der Waals surface area contributed by atoms with Crippen LogP contribution in [0, 0.1) is 32.5 Å². The molecule has 1 aliphatic rings. The Kier molecular flexibility index (Phi) is 9.69. The Balaban J connectivity index is 1.31. The Labute approximate surface area is 224 Å². The van der Waals surface area contributed by atoms with Gasteiger partial charge in [0, 0.05) is 5.56 Å². The summed E-state index contributed by atoms with van der Waals surface area (Å²) in [6.07, 6.45) is 4.12. The van der Waals surface area contributed by atoms with Crippen molar-refractivity contribution < 1.29 is 27.8 Å². The monoisotopic (exact) mass is 523 g/mol. The number of esters is 1. The van der Waals surface area contributed by atoms with Crippen LogP contribution in [0.4, 0.5) is 4.39 Å². The van der Waals surface area contributed by atoms with Crippen LogP contribution in [-0.2, 0) is 32.0 Å². The van der Waals surface area contributed by atoms with Gasteiger partial charge in [-0.3, -0.25) is 4.79 Å². The lowest BCUT2D eigenvalue weighted by Crippen LogP contribution is -2.32. The molecule has 1 unspecified atom stereocenters. The second-order valence-electron chi connectivity index (χ2n) is 10.2. The van der Waals surface area contributed by atoms with Gasteiger partial charge < -0.3 is 18.6 Å². The zero-order valence-corrected chi connectivity index (χ0v) is 22.8. The Bertz CT molecular complexity index is 1220. The first-order valence-corrected chi connectivity index (χ1v) is 13.5. The third-order valence-electron chi connectivity index (χ3n) is 7.05. The van der Waals surface area contributed by atoms with Gasteiger partial charge >= 0.3 is 5.97 Å². The van der Waals surface area contributed by atoms with Crippen molar-refractivity contribution in [1.29, 1.82) is 0 Å². The van der Waals surface area contributed by atoms with Crippen LogP contribution in [0.2, 0.25) is 0 Å². The second kappa shape index (κ2) is 13.2. The number of oxazole rings is 1. The highest BCUT2D eigenvalue weighted by atomic mass is 19.1. The van der Waals surface area contributed by atoms with Crippen LogP contribution in [0.25, 0.3) is 11.5 Å². The van der Waals surface area contributed by atoms with Crippen molar-refractivity contribution in [2.75, 3.05) is 13.2 Å². The number of aromatic nitrogens is 1. The lowest BCUT2D eigenvalue weighted by atomic mass is 9.94. The molecular weight excluding hydrogens is 485 g/mol. The third kappa shape index (κ3) is 7.51. The highest BCUT2D eigenvalue weighted by Crippen LogP contribution is 2.27. The first kappa shape index (κ1) is 28.0. The van der Waals surface area contributed by atoms with E-state index in [2.05, 4.69) is 11.1 Å². The molecule has 0 N–H and O–H groups in total. The minimum Gasteiger partial charge on any atom is -0.466 e. The van der Waals surface area contributed by atoms with Crippen molar-refractivity contribution >= 4 is 5.97 Å². The number of hydrogen-bond acceptors (Lipinski definition) is 6. The molecule has 1 saturated carbocycles. The van der Waals surface area contributed by atoms with Crippen LogP contribution in [0.15, 0.2) is 46.9 Å². The standard InChI is InChI=1S/C31H38FNO5/c1-5-35-31(34)25(16-23-12-13-28(32)21(3)15-23)18-36-26-10-7-11-27(17-26)37-19-29-22(4)38-30(33-29)24-9-6-8-20(2)14-24/h6,8-9,12-15,25-27H,5,7,10-11,16-19H2,1-4H3/t25?,26-,27+/m1/s1. The SMILES string of the molecule is CCOC(=O)C(CO[C@@H]1CCC[C@H](OCc2nc(-c3cccc(C)c3)oc2C)C1)Cc1ccc(F)c(C)c1. The van der Waals surface area contributed by atoms with Gasteiger partial charge in [-0.2, -0.15) is 0 Å². The first-order chi connectivity index (χ1) is 18.3. The van der Waals surface area contributed by atoms with Gasteiger partial charge in [0.1, 0.15) is 17.3 Å². The van der Waals surface area contributed by atoms with Crippen LogP contribution in [0.1, 0.15) is 60.8 Å². The summed E-state index contributed by atoms with van der Waals surface area (Å²) in [5, 5.41) is 0. The van der Waals surface area contributed by atoms with Gasteiger partial charge in [-0.15, -0.1) is 0 Å². The van der Waals surface area contributed by atoms with E-state index < -0.39 is 5.92 Å². The molecule has 0 radical (unpaired) electrons. The molecule has 6 nitrogen and oxygen atoms in total. The van der Waals surface area contributed by atoms with E-state index in [9.17, 15) is 9.18 Å². The molecule has 1 aromatic heterocycles. The minimum absolute atomic E-state index is 0.00175. The Morgan fingerprint density at radius 2 is 1.89 bits per heavy atom. The van der Waals surface area contributed by atoms with Gasteiger partial charge in [-0.05, 0) is 89.1 Å². The van der Waals surface area contributed by atoms with E-state index in [-0.39, 0.29) is 30.6 Å². The Morgan fingerprint density at radius 3 is 2.63 bits per heavy atom. The predicted octanol–water partition coefficient (Wildman–Crippen LogP) is 6.67. The summed E-state index contributed by atoms with van der Waals surface area (Å²) in [6.45, 7) is 8.43. The maximum absolute atomic E-state index is 13.7. The highest BCUT2D eigenvalue weighted by molar-refractivity contribution is 5.73. The number of carbonyl (C=O) groups excluding carboxylic acids is 1. The molecule has 0 bridgehead atoms. The number of hydrogen-bond donors (Lipinski definition) is 0. The largest absolute Gasteiger partial charge is 0.466 e. The van der Waals surface area contributed by atoms with E-state index in [1.54, 1.807) is 26.0 Å². The molecule has 3 aromatic rings. The zero-order valence-electron chi connectivity index (χ0n) is 22.8. The van der Waals surface area contributed by atoms with Crippen molar-refractivity contribution in [3.63, 3.8) is 0 Å². The average molecular weight is 524 g/mol. The quantitative estimate of drug-likeness (QED) is 0.261. The van der Waals surface area contributed by atoms with E-state index in [4.69, 9.17) is 18.6 Å². The van der Waals surface area contributed by atoms with Crippen molar-refractivity contribution in [2.45, 2.75) is 78.6 Å². The number of aryl methyl sites for hydroxylation is 3. The summed E-state index contributed by atoms with van der Waals surface area (Å²) in [4.78, 5) is 17.3. The maximum atomic E-state index is 13.7. The van der Waals surface area contributed by atoms with Crippen LogP contribution in [-0.4, -0.2) is 36.4 Å². The summed E-state index contributed by atoms with van der Waals surface area (Å²) in [7, 11) is 0. The highest BCUT2D eigenvalue weighted by Gasteiger charge is 2.27. The van der Waals surface area contributed by atoms with Gasteiger partial charge in [-0.25, -0.2) is 9.37 Å². The van der Waals surface area contributed by atoms with Crippen molar-refractivity contribution in [3.8, 4) is 11.5 Å². The molecule has 0 saturated heterocycles. The normalized spacial score (nSPS) is 18.3. The fraction of sp³-hybridized carbons (Fsp3) is 0.484. The summed E-state index contributed by atoms with van der Waals surface area (Å²) in [6, 6.07) is 13.0. The molecule has 1 aliphatic carbocycles. The van der Waals surface area contributed by atoms with E-state index in [1.807, 2.05) is 32.0 Å². The van der Waals surface area contributed by atoms with Gasteiger partial charge in [0.15, 0.2) is 0 Å². The maximum Gasteiger partial charge on any atom is 0.311 e. The Morgan fingerprint density at radius 1 is 1.11 bits per heavy atom. The lowest BCUT2D eigenvalue weighted by Gasteiger charge is -2.30. The van der Waals surface area contributed by atoms with E-state index >= 15 is 0 Å². The second-order valence-corrected chi connectivity index (χ2v) is 10.2. The summed E-state index contributed by atoms with van der Waals surface area (Å²) < 4.78 is 37.4.